The highest BCUT2D eigenvalue weighted by molar-refractivity contribution is 7.91. The minimum Gasteiger partial charge on any atom is -0.274 e. The number of rotatable bonds is 2. The fourth-order valence-electron chi connectivity index (χ4n) is 0.966. The molecular formula is C9H11NO2S2. The van der Waals surface area contributed by atoms with E-state index in [2.05, 4.69) is 16.9 Å². The van der Waals surface area contributed by atoms with Crippen LogP contribution < -0.4 is 4.72 Å². The first kappa shape index (κ1) is 11.1. The molecule has 0 atom stereocenters. The first-order chi connectivity index (χ1) is 6.42. The summed E-state index contributed by atoms with van der Waals surface area (Å²) in [6.45, 7) is 3.43. The highest BCUT2D eigenvalue weighted by atomic mass is 32.2. The minimum atomic E-state index is -3.47. The van der Waals surface area contributed by atoms with Gasteiger partial charge in [0.2, 0.25) is 0 Å². The van der Waals surface area contributed by atoms with E-state index in [0.717, 1.165) is 5.56 Å². The van der Waals surface area contributed by atoms with Crippen molar-refractivity contribution in [3.05, 3.63) is 29.8 Å². The molecule has 0 spiro atoms. The minimum absolute atomic E-state index is 0.229. The molecule has 0 aromatic heterocycles. The molecule has 0 aliphatic heterocycles. The van der Waals surface area contributed by atoms with Gasteiger partial charge in [-0.2, -0.15) is 0 Å². The molecule has 0 aliphatic carbocycles. The van der Waals surface area contributed by atoms with E-state index in [-0.39, 0.29) is 9.88 Å². The van der Waals surface area contributed by atoms with Crippen molar-refractivity contribution >= 4 is 27.2 Å². The number of thiocarbonyl (C=S) groups is 1. The maximum atomic E-state index is 11.6. The van der Waals surface area contributed by atoms with Crippen molar-refractivity contribution in [3.63, 3.8) is 0 Å². The van der Waals surface area contributed by atoms with Gasteiger partial charge in [0.05, 0.1) is 9.88 Å². The van der Waals surface area contributed by atoms with E-state index in [1.54, 1.807) is 24.3 Å². The standard InChI is InChI=1S/C9H11NO2S2/c1-7-3-5-9(6-4-7)14(11,12)10-8(2)13/h3-6H,1-2H3,(H,10,13). The molecule has 0 saturated heterocycles. The molecule has 5 heteroatoms. The second kappa shape index (κ2) is 4.06. The predicted molar refractivity (Wildman–Crippen MR) is 59.8 cm³/mol. The van der Waals surface area contributed by atoms with E-state index >= 15 is 0 Å². The number of hydrogen-bond donors (Lipinski definition) is 1. The van der Waals surface area contributed by atoms with Crippen LogP contribution in [0.3, 0.4) is 0 Å². The molecule has 1 aromatic carbocycles. The van der Waals surface area contributed by atoms with Gasteiger partial charge in [0.1, 0.15) is 0 Å². The van der Waals surface area contributed by atoms with Crippen LogP contribution in [0.4, 0.5) is 0 Å². The summed E-state index contributed by atoms with van der Waals surface area (Å²) in [4.78, 5) is 0.470. The van der Waals surface area contributed by atoms with E-state index in [9.17, 15) is 8.42 Å². The quantitative estimate of drug-likeness (QED) is 0.784. The Morgan fingerprint density at radius 3 is 2.21 bits per heavy atom. The first-order valence-electron chi connectivity index (χ1n) is 4.02. The summed E-state index contributed by atoms with van der Waals surface area (Å²) in [6, 6.07) is 6.59. The fraction of sp³-hybridized carbons (Fsp3) is 0.222. The molecule has 14 heavy (non-hydrogen) atoms. The Hall–Kier alpha value is -0.940. The third kappa shape index (κ3) is 2.78. The topological polar surface area (TPSA) is 46.2 Å². The van der Waals surface area contributed by atoms with Gasteiger partial charge < -0.3 is 0 Å². The van der Waals surface area contributed by atoms with Gasteiger partial charge in [0.15, 0.2) is 0 Å². The molecule has 0 bridgehead atoms. The van der Waals surface area contributed by atoms with Gasteiger partial charge in [-0.05, 0) is 26.0 Å². The maximum absolute atomic E-state index is 11.6. The molecule has 0 fully saturated rings. The van der Waals surface area contributed by atoms with Crippen LogP contribution in [0.15, 0.2) is 29.2 Å². The third-order valence-electron chi connectivity index (χ3n) is 1.61. The average molecular weight is 229 g/mol. The largest absolute Gasteiger partial charge is 0.274 e. The highest BCUT2D eigenvalue weighted by Crippen LogP contribution is 2.09. The van der Waals surface area contributed by atoms with Gasteiger partial charge in [-0.15, -0.1) is 0 Å². The lowest BCUT2D eigenvalue weighted by Gasteiger charge is -2.05. The SMILES string of the molecule is CC(=S)NS(=O)(=O)c1ccc(C)cc1. The van der Waals surface area contributed by atoms with Gasteiger partial charge in [0.25, 0.3) is 10.0 Å². The molecule has 0 heterocycles. The lowest BCUT2D eigenvalue weighted by Crippen LogP contribution is -2.26. The van der Waals surface area contributed by atoms with Crippen molar-refractivity contribution in [1.29, 1.82) is 0 Å². The van der Waals surface area contributed by atoms with Crippen molar-refractivity contribution in [1.82, 2.24) is 4.72 Å². The van der Waals surface area contributed by atoms with E-state index in [4.69, 9.17) is 0 Å². The lowest BCUT2D eigenvalue weighted by molar-refractivity contribution is 0.593. The Morgan fingerprint density at radius 1 is 1.29 bits per heavy atom. The number of aryl methyl sites for hydroxylation is 1. The summed E-state index contributed by atoms with van der Waals surface area (Å²) in [5, 5.41) is 0. The number of nitrogens with one attached hydrogen (secondary N) is 1. The Bertz CT molecular complexity index is 434. The second-order valence-electron chi connectivity index (χ2n) is 2.97. The molecule has 0 amide bonds. The zero-order valence-corrected chi connectivity index (χ0v) is 9.58. The van der Waals surface area contributed by atoms with Gasteiger partial charge >= 0.3 is 0 Å². The fourth-order valence-corrected chi connectivity index (χ4v) is 2.29. The van der Waals surface area contributed by atoms with Crippen molar-refractivity contribution in [3.8, 4) is 0 Å². The van der Waals surface area contributed by atoms with Crippen LogP contribution in [0.2, 0.25) is 0 Å². The Labute approximate surface area is 89.2 Å². The summed E-state index contributed by atoms with van der Waals surface area (Å²) in [7, 11) is -3.47. The normalized spacial score (nSPS) is 11.0. The zero-order chi connectivity index (χ0) is 10.8. The van der Waals surface area contributed by atoms with Crippen LogP contribution in [0.5, 0.6) is 0 Å². The second-order valence-corrected chi connectivity index (χ2v) is 5.27. The third-order valence-corrected chi connectivity index (χ3v) is 3.31. The van der Waals surface area contributed by atoms with Crippen molar-refractivity contribution in [2.24, 2.45) is 0 Å². The van der Waals surface area contributed by atoms with Crippen molar-refractivity contribution in [2.75, 3.05) is 0 Å². The maximum Gasteiger partial charge on any atom is 0.262 e. The zero-order valence-electron chi connectivity index (χ0n) is 7.94. The number of hydrogen-bond acceptors (Lipinski definition) is 3. The van der Waals surface area contributed by atoms with Gasteiger partial charge in [-0.25, -0.2) is 8.42 Å². The summed E-state index contributed by atoms with van der Waals surface area (Å²) >= 11 is 4.68. The summed E-state index contributed by atoms with van der Waals surface area (Å²) in [5.74, 6) is 0. The molecule has 0 unspecified atom stereocenters. The monoisotopic (exact) mass is 229 g/mol. The lowest BCUT2D eigenvalue weighted by atomic mass is 10.2. The molecule has 1 N–H and O–H groups in total. The van der Waals surface area contributed by atoms with Crippen molar-refractivity contribution < 1.29 is 8.42 Å². The Kier molecular flexibility index (Phi) is 3.23. The molecule has 3 nitrogen and oxygen atoms in total. The van der Waals surface area contributed by atoms with Gasteiger partial charge in [0, 0.05) is 0 Å². The van der Waals surface area contributed by atoms with Gasteiger partial charge in [-0.3, -0.25) is 4.72 Å². The predicted octanol–water partition coefficient (Wildman–Crippen LogP) is 1.62. The Balaban J connectivity index is 3.05. The van der Waals surface area contributed by atoms with Crippen LogP contribution in [0.25, 0.3) is 0 Å². The summed E-state index contributed by atoms with van der Waals surface area (Å²) in [6.07, 6.45) is 0. The van der Waals surface area contributed by atoms with Gasteiger partial charge in [-0.1, -0.05) is 29.9 Å². The van der Waals surface area contributed by atoms with E-state index in [1.165, 1.54) is 6.92 Å². The number of benzene rings is 1. The smallest absolute Gasteiger partial charge is 0.262 e. The average Bonchev–Trinajstić information content (AvgIpc) is 2.02. The molecule has 0 saturated carbocycles. The molecule has 0 radical (unpaired) electrons. The van der Waals surface area contributed by atoms with Crippen LogP contribution >= 0.6 is 12.2 Å². The van der Waals surface area contributed by atoms with E-state index in [0.29, 0.717) is 0 Å². The molecular weight excluding hydrogens is 218 g/mol. The van der Waals surface area contributed by atoms with E-state index in [1.807, 2.05) is 6.92 Å². The van der Waals surface area contributed by atoms with Crippen LogP contribution in [-0.2, 0) is 10.0 Å². The molecule has 1 aromatic rings. The van der Waals surface area contributed by atoms with Crippen molar-refractivity contribution in [2.45, 2.75) is 18.7 Å². The molecule has 0 aliphatic rings. The first-order valence-corrected chi connectivity index (χ1v) is 5.91. The van der Waals surface area contributed by atoms with Crippen LogP contribution in [0.1, 0.15) is 12.5 Å². The van der Waals surface area contributed by atoms with Crippen LogP contribution in [-0.4, -0.2) is 13.4 Å². The number of sulfonamides is 1. The summed E-state index contributed by atoms with van der Waals surface area (Å²) < 4.78 is 25.4. The van der Waals surface area contributed by atoms with E-state index < -0.39 is 10.0 Å². The molecule has 76 valence electrons. The molecule has 1 rings (SSSR count). The highest BCUT2D eigenvalue weighted by Gasteiger charge is 2.12. The van der Waals surface area contributed by atoms with Crippen LogP contribution in [0, 0.1) is 6.92 Å². The summed E-state index contributed by atoms with van der Waals surface area (Å²) in [5.41, 5.74) is 1.02. The Morgan fingerprint density at radius 2 is 1.79 bits per heavy atom.